The van der Waals surface area contributed by atoms with Crippen LogP contribution in [0.3, 0.4) is 0 Å². The second kappa shape index (κ2) is 8.59. The number of nitrogens with one attached hydrogen (secondary N) is 1. The topological polar surface area (TPSA) is 66.4 Å². The van der Waals surface area contributed by atoms with Gasteiger partial charge in [0.1, 0.15) is 0 Å². The summed E-state index contributed by atoms with van der Waals surface area (Å²) in [7, 11) is 0. The highest BCUT2D eigenvalue weighted by Crippen LogP contribution is 2.15. The van der Waals surface area contributed by atoms with Gasteiger partial charge < -0.3 is 10.4 Å². The molecule has 1 aromatic rings. The van der Waals surface area contributed by atoms with E-state index >= 15 is 0 Å². The fourth-order valence-electron chi connectivity index (χ4n) is 1.89. The van der Waals surface area contributed by atoms with E-state index in [1.807, 2.05) is 13.0 Å². The predicted molar refractivity (Wildman–Crippen MR) is 79.2 cm³/mol. The maximum atomic E-state index is 11.9. The van der Waals surface area contributed by atoms with Crippen LogP contribution in [0.4, 0.5) is 0 Å². The van der Waals surface area contributed by atoms with Crippen molar-refractivity contribution < 1.29 is 14.7 Å². The van der Waals surface area contributed by atoms with Crippen molar-refractivity contribution in [1.29, 1.82) is 0 Å². The SMILES string of the molecule is Cc1ccc(Cl)cc1C(=O)NCCCCCCC(=O)O. The number of carbonyl (C=O) groups is 2. The molecule has 110 valence electrons. The Bertz CT molecular complexity index is 474. The van der Waals surface area contributed by atoms with Gasteiger partial charge in [0.2, 0.25) is 0 Å². The van der Waals surface area contributed by atoms with Crippen LogP contribution in [0.25, 0.3) is 0 Å². The summed E-state index contributed by atoms with van der Waals surface area (Å²) in [5, 5.41) is 11.9. The standard InChI is InChI=1S/C15H20ClNO3/c1-11-7-8-12(16)10-13(11)15(20)17-9-5-3-2-4-6-14(18)19/h7-8,10H,2-6,9H2,1H3,(H,17,20)(H,18,19). The van der Waals surface area contributed by atoms with E-state index in [2.05, 4.69) is 5.32 Å². The first-order valence-corrected chi connectivity index (χ1v) is 7.14. The molecule has 0 saturated heterocycles. The van der Waals surface area contributed by atoms with E-state index < -0.39 is 5.97 Å². The van der Waals surface area contributed by atoms with Crippen LogP contribution in [0.2, 0.25) is 5.02 Å². The van der Waals surface area contributed by atoms with Crippen LogP contribution >= 0.6 is 11.6 Å². The van der Waals surface area contributed by atoms with Crippen molar-refractivity contribution in [3.05, 3.63) is 34.3 Å². The summed E-state index contributed by atoms with van der Waals surface area (Å²) in [5.74, 6) is -0.870. The van der Waals surface area contributed by atoms with Gasteiger partial charge in [0.05, 0.1) is 0 Å². The quantitative estimate of drug-likeness (QED) is 0.723. The lowest BCUT2D eigenvalue weighted by Gasteiger charge is -2.08. The van der Waals surface area contributed by atoms with Crippen molar-refractivity contribution in [1.82, 2.24) is 5.32 Å². The molecule has 0 radical (unpaired) electrons. The van der Waals surface area contributed by atoms with Crippen molar-refractivity contribution in [2.24, 2.45) is 0 Å². The van der Waals surface area contributed by atoms with Gasteiger partial charge >= 0.3 is 5.97 Å². The summed E-state index contributed by atoms with van der Waals surface area (Å²) in [6, 6.07) is 5.25. The third-order valence-electron chi connectivity index (χ3n) is 3.05. The number of hydrogen-bond acceptors (Lipinski definition) is 2. The number of carbonyl (C=O) groups excluding carboxylic acids is 1. The largest absolute Gasteiger partial charge is 0.481 e. The molecule has 0 bridgehead atoms. The van der Waals surface area contributed by atoms with E-state index in [0.29, 0.717) is 23.6 Å². The van der Waals surface area contributed by atoms with Crippen LogP contribution in [0.15, 0.2) is 18.2 Å². The molecule has 0 aliphatic carbocycles. The highest BCUT2D eigenvalue weighted by atomic mass is 35.5. The van der Waals surface area contributed by atoms with Gasteiger partial charge in [0.15, 0.2) is 0 Å². The highest BCUT2D eigenvalue weighted by Gasteiger charge is 2.08. The Labute approximate surface area is 124 Å². The van der Waals surface area contributed by atoms with Gasteiger partial charge in [-0.3, -0.25) is 9.59 Å². The van der Waals surface area contributed by atoms with Crippen LogP contribution in [-0.4, -0.2) is 23.5 Å². The predicted octanol–water partition coefficient (Wildman–Crippen LogP) is 3.41. The molecule has 1 rings (SSSR count). The monoisotopic (exact) mass is 297 g/mol. The number of benzene rings is 1. The van der Waals surface area contributed by atoms with Crippen LogP contribution in [0.5, 0.6) is 0 Å². The minimum Gasteiger partial charge on any atom is -0.481 e. The Kier molecular flexibility index (Phi) is 7.09. The molecule has 0 saturated carbocycles. The van der Waals surface area contributed by atoms with Gasteiger partial charge in [-0.15, -0.1) is 0 Å². The zero-order valence-electron chi connectivity index (χ0n) is 11.6. The number of rotatable bonds is 8. The number of amides is 1. The molecule has 1 amide bonds. The molecule has 1 aromatic carbocycles. The van der Waals surface area contributed by atoms with Gasteiger partial charge in [-0.2, -0.15) is 0 Å². The average molecular weight is 298 g/mol. The third kappa shape index (κ3) is 6.06. The molecule has 5 heteroatoms. The second-order valence-corrected chi connectivity index (χ2v) is 5.21. The Hall–Kier alpha value is -1.55. The van der Waals surface area contributed by atoms with Crippen LogP contribution in [0.1, 0.15) is 48.0 Å². The van der Waals surface area contributed by atoms with Gasteiger partial charge in [-0.05, 0) is 37.5 Å². The van der Waals surface area contributed by atoms with Crippen molar-refractivity contribution in [2.75, 3.05) is 6.54 Å². The summed E-state index contributed by atoms with van der Waals surface area (Å²) in [6.45, 7) is 2.47. The fourth-order valence-corrected chi connectivity index (χ4v) is 2.06. The first kappa shape index (κ1) is 16.5. The number of unbranched alkanes of at least 4 members (excludes halogenated alkanes) is 3. The summed E-state index contributed by atoms with van der Waals surface area (Å²) < 4.78 is 0. The zero-order valence-corrected chi connectivity index (χ0v) is 12.4. The lowest BCUT2D eigenvalue weighted by atomic mass is 10.1. The molecule has 0 aliphatic rings. The average Bonchev–Trinajstić information content (AvgIpc) is 2.39. The van der Waals surface area contributed by atoms with E-state index in [1.54, 1.807) is 12.1 Å². The molecule has 0 fully saturated rings. The minimum atomic E-state index is -0.755. The van der Waals surface area contributed by atoms with Gasteiger partial charge in [0.25, 0.3) is 5.91 Å². The third-order valence-corrected chi connectivity index (χ3v) is 3.28. The summed E-state index contributed by atoms with van der Waals surface area (Å²) in [5.41, 5.74) is 1.50. The summed E-state index contributed by atoms with van der Waals surface area (Å²) in [4.78, 5) is 22.3. The minimum absolute atomic E-state index is 0.115. The Balaban J connectivity index is 2.23. The zero-order chi connectivity index (χ0) is 15.0. The lowest BCUT2D eigenvalue weighted by Crippen LogP contribution is -2.25. The Morgan fingerprint density at radius 3 is 2.60 bits per heavy atom. The number of carboxylic acids is 1. The number of carboxylic acid groups (broad SMARTS) is 1. The molecule has 4 nitrogen and oxygen atoms in total. The van der Waals surface area contributed by atoms with Crippen LogP contribution in [-0.2, 0) is 4.79 Å². The van der Waals surface area contributed by atoms with E-state index in [-0.39, 0.29) is 12.3 Å². The molecule has 0 atom stereocenters. The number of aliphatic carboxylic acids is 1. The van der Waals surface area contributed by atoms with E-state index in [9.17, 15) is 9.59 Å². The van der Waals surface area contributed by atoms with Crippen LogP contribution < -0.4 is 5.32 Å². The summed E-state index contributed by atoms with van der Waals surface area (Å²) in [6.07, 6.45) is 3.55. The van der Waals surface area contributed by atoms with Crippen molar-refractivity contribution in [2.45, 2.75) is 39.0 Å². The molecule has 20 heavy (non-hydrogen) atoms. The maximum absolute atomic E-state index is 11.9. The molecule has 2 N–H and O–H groups in total. The normalized spacial score (nSPS) is 10.3. The lowest BCUT2D eigenvalue weighted by molar-refractivity contribution is -0.137. The molecule has 0 spiro atoms. The molecule has 0 aromatic heterocycles. The maximum Gasteiger partial charge on any atom is 0.303 e. The second-order valence-electron chi connectivity index (χ2n) is 4.77. The van der Waals surface area contributed by atoms with Crippen molar-refractivity contribution in [3.8, 4) is 0 Å². The smallest absolute Gasteiger partial charge is 0.303 e. The molecule has 0 heterocycles. The first-order chi connectivity index (χ1) is 9.50. The Morgan fingerprint density at radius 2 is 1.90 bits per heavy atom. The van der Waals surface area contributed by atoms with Gasteiger partial charge in [-0.25, -0.2) is 0 Å². The number of hydrogen-bond donors (Lipinski definition) is 2. The van der Waals surface area contributed by atoms with Crippen molar-refractivity contribution in [3.63, 3.8) is 0 Å². The molecule has 0 unspecified atom stereocenters. The van der Waals surface area contributed by atoms with E-state index in [0.717, 1.165) is 24.8 Å². The number of halogens is 1. The Morgan fingerprint density at radius 1 is 1.20 bits per heavy atom. The van der Waals surface area contributed by atoms with E-state index in [4.69, 9.17) is 16.7 Å². The number of aryl methyl sites for hydroxylation is 1. The molecular formula is C15H20ClNO3. The molecular weight excluding hydrogens is 278 g/mol. The van der Waals surface area contributed by atoms with Crippen LogP contribution in [0, 0.1) is 6.92 Å². The van der Waals surface area contributed by atoms with E-state index in [1.165, 1.54) is 0 Å². The highest BCUT2D eigenvalue weighted by molar-refractivity contribution is 6.31. The first-order valence-electron chi connectivity index (χ1n) is 6.77. The molecule has 0 aliphatic heterocycles. The fraction of sp³-hybridized carbons (Fsp3) is 0.467. The van der Waals surface area contributed by atoms with Gasteiger partial charge in [0, 0.05) is 23.6 Å². The summed E-state index contributed by atoms with van der Waals surface area (Å²) >= 11 is 5.88. The van der Waals surface area contributed by atoms with Gasteiger partial charge in [-0.1, -0.05) is 30.5 Å². The van der Waals surface area contributed by atoms with Crippen molar-refractivity contribution >= 4 is 23.5 Å².